The van der Waals surface area contributed by atoms with E-state index >= 15 is 0 Å². The van der Waals surface area contributed by atoms with Crippen LogP contribution in [0.25, 0.3) is 10.8 Å². The zero-order valence-electron chi connectivity index (χ0n) is 22.8. The average molecular weight is 509 g/mol. The van der Waals surface area contributed by atoms with Gasteiger partial charge in [-0.05, 0) is 116 Å². The molecule has 198 valence electrons. The molecule has 38 heavy (non-hydrogen) atoms. The van der Waals surface area contributed by atoms with E-state index in [1.165, 1.54) is 92.8 Å². The number of benzene rings is 1. The summed E-state index contributed by atoms with van der Waals surface area (Å²) in [6, 6.07) is 9.93. The van der Waals surface area contributed by atoms with Gasteiger partial charge in [0.15, 0.2) is 0 Å². The Bertz CT molecular complexity index is 1390. The number of fused-ring (bicyclic) bond motifs is 2. The molecule has 2 aromatic rings. The van der Waals surface area contributed by atoms with Crippen LogP contribution >= 0.6 is 0 Å². The molecule has 1 aromatic carbocycles. The molecule has 4 heteroatoms. The van der Waals surface area contributed by atoms with E-state index in [-0.39, 0.29) is 16.6 Å². The van der Waals surface area contributed by atoms with E-state index < -0.39 is 0 Å². The highest BCUT2D eigenvalue weighted by Gasteiger charge is 2.67. The molecular weight excluding hydrogens is 468 g/mol. The lowest BCUT2D eigenvalue weighted by atomic mass is 9.58. The molecule has 2 saturated carbocycles. The van der Waals surface area contributed by atoms with Crippen LogP contribution in [0.2, 0.25) is 0 Å². The Balaban J connectivity index is 1.03. The molecule has 0 amide bonds. The molecule has 3 spiro atoms. The van der Waals surface area contributed by atoms with Gasteiger partial charge in [-0.25, -0.2) is 0 Å². The number of hydrogen-bond donors (Lipinski definition) is 0. The molecule has 3 aliphatic carbocycles. The van der Waals surface area contributed by atoms with E-state index in [0.29, 0.717) is 23.3 Å². The van der Waals surface area contributed by atoms with Crippen LogP contribution in [0.5, 0.6) is 0 Å². The zero-order valence-corrected chi connectivity index (χ0v) is 22.8. The summed E-state index contributed by atoms with van der Waals surface area (Å²) in [7, 11) is 0. The fourth-order valence-corrected chi connectivity index (χ4v) is 10.5. The summed E-state index contributed by atoms with van der Waals surface area (Å²) in [5.74, 6) is 1.18. The first-order valence-corrected chi connectivity index (χ1v) is 15.3. The summed E-state index contributed by atoms with van der Waals surface area (Å²) in [5, 5.41) is 2.56. The van der Waals surface area contributed by atoms with Crippen LogP contribution in [0.15, 0.2) is 60.0 Å². The van der Waals surface area contributed by atoms with E-state index in [0.717, 1.165) is 13.2 Å². The maximum Gasteiger partial charge on any atom is 0.0974 e. The van der Waals surface area contributed by atoms with Crippen molar-refractivity contribution in [2.24, 2.45) is 16.7 Å². The Hall–Kier alpha value is -2.01. The van der Waals surface area contributed by atoms with Crippen LogP contribution in [-0.2, 0) is 9.47 Å². The highest BCUT2D eigenvalue weighted by atomic mass is 16.5. The monoisotopic (exact) mass is 508 g/mol. The second-order valence-electron chi connectivity index (χ2n) is 14.3. The Morgan fingerprint density at radius 1 is 1.03 bits per heavy atom. The van der Waals surface area contributed by atoms with Crippen LogP contribution < -0.4 is 0 Å². The highest BCUT2D eigenvalue weighted by Crippen LogP contribution is 2.69. The van der Waals surface area contributed by atoms with Crippen molar-refractivity contribution in [2.45, 2.75) is 87.9 Å². The first kappa shape index (κ1) is 22.8. The quantitative estimate of drug-likeness (QED) is 0.460. The molecule has 3 saturated heterocycles. The topological polar surface area (TPSA) is 34.6 Å². The van der Waals surface area contributed by atoms with Gasteiger partial charge in [-0.1, -0.05) is 31.2 Å². The number of ether oxygens (including phenoxy) is 2. The molecule has 2 unspecified atom stereocenters. The lowest BCUT2D eigenvalue weighted by molar-refractivity contribution is -0.142. The minimum Gasteiger partial charge on any atom is -0.380 e. The van der Waals surface area contributed by atoms with E-state index in [1.54, 1.807) is 5.57 Å². The van der Waals surface area contributed by atoms with Gasteiger partial charge >= 0.3 is 0 Å². The normalized spacial score (nSPS) is 42.8. The predicted molar refractivity (Wildman–Crippen MR) is 149 cm³/mol. The van der Waals surface area contributed by atoms with Gasteiger partial charge < -0.3 is 9.47 Å². The van der Waals surface area contributed by atoms with Crippen LogP contribution in [0, 0.1) is 16.7 Å². The number of rotatable bonds is 2. The van der Waals surface area contributed by atoms with Crippen LogP contribution in [0.1, 0.15) is 76.2 Å². The second-order valence-corrected chi connectivity index (χ2v) is 14.3. The summed E-state index contributed by atoms with van der Waals surface area (Å²) in [5.41, 5.74) is 5.29. The summed E-state index contributed by atoms with van der Waals surface area (Å²) in [6.07, 6.45) is 20.4. The summed E-state index contributed by atoms with van der Waals surface area (Å²) >= 11 is 0. The van der Waals surface area contributed by atoms with Gasteiger partial charge in [-0.3, -0.25) is 9.88 Å². The minimum absolute atomic E-state index is 0.0168. The van der Waals surface area contributed by atoms with Crippen LogP contribution in [-0.4, -0.2) is 53.4 Å². The summed E-state index contributed by atoms with van der Waals surface area (Å²) in [6.45, 7) is 7.05. The second kappa shape index (κ2) is 7.59. The van der Waals surface area contributed by atoms with Gasteiger partial charge in [0.25, 0.3) is 0 Å². The third-order valence-electron chi connectivity index (χ3n) is 12.5. The Kier molecular flexibility index (Phi) is 4.55. The summed E-state index contributed by atoms with van der Waals surface area (Å²) < 4.78 is 13.2. The fourth-order valence-electron chi connectivity index (χ4n) is 10.5. The van der Waals surface area contributed by atoms with Crippen LogP contribution in [0.3, 0.4) is 0 Å². The third-order valence-corrected chi connectivity index (χ3v) is 12.5. The number of hydrogen-bond acceptors (Lipinski definition) is 4. The average Bonchev–Trinajstić information content (AvgIpc) is 3.61. The van der Waals surface area contributed by atoms with Crippen molar-refractivity contribution in [3.05, 3.63) is 65.5 Å². The fraction of sp³-hybridized carbons (Fsp3) is 0.618. The molecule has 9 rings (SSSR count). The van der Waals surface area contributed by atoms with Crippen molar-refractivity contribution < 1.29 is 9.47 Å². The number of likely N-dealkylation sites (tertiary alicyclic amines) is 1. The van der Waals surface area contributed by atoms with Crippen LogP contribution in [0.4, 0.5) is 0 Å². The van der Waals surface area contributed by atoms with Crippen molar-refractivity contribution in [3.8, 4) is 0 Å². The van der Waals surface area contributed by atoms with Gasteiger partial charge in [0.1, 0.15) is 0 Å². The maximum absolute atomic E-state index is 7.60. The van der Waals surface area contributed by atoms with Gasteiger partial charge in [0.2, 0.25) is 0 Å². The lowest BCUT2D eigenvalue weighted by Gasteiger charge is -2.55. The number of allylic oxidation sites excluding steroid dienone is 1. The molecule has 2 bridgehead atoms. The number of pyridine rings is 1. The molecule has 5 fully saturated rings. The zero-order chi connectivity index (χ0) is 25.2. The first-order chi connectivity index (χ1) is 18.5. The van der Waals surface area contributed by atoms with Gasteiger partial charge in [0, 0.05) is 35.8 Å². The van der Waals surface area contributed by atoms with Crippen molar-refractivity contribution in [1.82, 2.24) is 9.88 Å². The molecule has 4 aliphatic heterocycles. The Morgan fingerprint density at radius 2 is 1.97 bits per heavy atom. The highest BCUT2D eigenvalue weighted by molar-refractivity contribution is 5.82. The number of nitrogens with zero attached hydrogens (tertiary/aromatic N) is 2. The predicted octanol–water partition coefficient (Wildman–Crippen LogP) is 6.57. The molecule has 4 nitrogen and oxygen atoms in total. The summed E-state index contributed by atoms with van der Waals surface area (Å²) in [4.78, 5) is 7.22. The largest absolute Gasteiger partial charge is 0.380 e. The molecule has 7 aliphatic rings. The van der Waals surface area contributed by atoms with Crippen molar-refractivity contribution in [3.63, 3.8) is 0 Å². The minimum atomic E-state index is -0.0699. The molecule has 0 radical (unpaired) electrons. The molecular formula is C34H40N2O2. The molecule has 0 N–H and O–H groups in total. The first-order valence-electron chi connectivity index (χ1n) is 15.3. The van der Waals surface area contributed by atoms with Gasteiger partial charge in [0.05, 0.1) is 24.4 Å². The standard InChI is InChI=1S/C34H40N2O2/c1-31-10-8-27-17-26-4-5-28(36-15-13-32(20-36)21-37-22-32)18-33(26)11-12-34(27,38-33)30(31)7-6-29(31)24-3-2-23-9-14-35-19-25(23)16-24/h2-3,8-9,14,16-17,19,28-30H,4-7,10-13,15,18,20-22H2,1H3/t28-,29?,30-,31?,33-,34-/m1/s1. The molecule has 5 heterocycles. The third kappa shape index (κ3) is 2.90. The smallest absolute Gasteiger partial charge is 0.0974 e. The van der Waals surface area contributed by atoms with Gasteiger partial charge in [-0.2, -0.15) is 0 Å². The maximum atomic E-state index is 7.60. The van der Waals surface area contributed by atoms with E-state index in [4.69, 9.17) is 9.47 Å². The van der Waals surface area contributed by atoms with E-state index in [2.05, 4.69) is 53.2 Å². The van der Waals surface area contributed by atoms with Crippen molar-refractivity contribution >= 4 is 10.8 Å². The SMILES string of the molecule is CC12CC=C3C=C4CC[C@@H](N5CCC6(COC6)C5)C[C@]45CC[C@]3(O5)[C@@H]1CCC2c1ccc2ccncc2c1. The number of aromatic nitrogens is 1. The van der Waals surface area contributed by atoms with E-state index in [1.807, 2.05) is 12.4 Å². The Morgan fingerprint density at radius 3 is 2.84 bits per heavy atom. The molecule has 1 aromatic heterocycles. The van der Waals surface area contributed by atoms with E-state index in [9.17, 15) is 0 Å². The van der Waals surface area contributed by atoms with Gasteiger partial charge in [-0.15, -0.1) is 0 Å². The lowest BCUT2D eigenvalue weighted by Crippen LogP contribution is -2.55. The van der Waals surface area contributed by atoms with Crippen molar-refractivity contribution in [1.29, 1.82) is 0 Å². The van der Waals surface area contributed by atoms with Crippen molar-refractivity contribution in [2.75, 3.05) is 26.3 Å². The molecule has 6 atom stereocenters. The Labute approximate surface area is 226 Å².